The first kappa shape index (κ1) is 23.7. The second-order valence-corrected chi connectivity index (χ2v) is 7.82. The van der Waals surface area contributed by atoms with Gasteiger partial charge < -0.3 is 16.2 Å². The molecule has 0 atom stereocenters. The Morgan fingerprint density at radius 3 is 2.30 bits per heavy atom. The Kier molecular flexibility index (Phi) is 7.17. The van der Waals surface area contributed by atoms with Crippen LogP contribution in [0.25, 0.3) is 0 Å². The summed E-state index contributed by atoms with van der Waals surface area (Å²) in [5.74, 6) is -2.34. The monoisotopic (exact) mass is 477 g/mol. The van der Waals surface area contributed by atoms with Gasteiger partial charge in [-0.15, -0.1) is 0 Å². The number of pyridine rings is 1. The highest BCUT2D eigenvalue weighted by atomic mass is 35.5. The molecule has 0 spiro atoms. The van der Waals surface area contributed by atoms with Gasteiger partial charge in [-0.05, 0) is 5.92 Å². The van der Waals surface area contributed by atoms with E-state index in [9.17, 15) is 19.2 Å². The number of nitrogens with two attached hydrogens (primary N) is 2. The molecule has 0 fully saturated rings. The van der Waals surface area contributed by atoms with Crippen LogP contribution in [0.15, 0.2) is 9.59 Å². The highest BCUT2D eigenvalue weighted by Crippen LogP contribution is 2.34. The Morgan fingerprint density at radius 2 is 1.73 bits per heavy atom. The Balaban J connectivity index is 2.36. The average molecular weight is 479 g/mol. The van der Waals surface area contributed by atoms with Crippen LogP contribution < -0.4 is 22.7 Å². The van der Waals surface area contributed by atoms with E-state index in [1.54, 1.807) is 0 Å². The molecule has 13 heteroatoms. The minimum atomic E-state index is -1.12. The fourth-order valence-electron chi connectivity index (χ4n) is 2.53. The Hall–Kier alpha value is -2.56. The SMILES string of the molecule is CC(C)Cn1c(N)c(C(=O)COC(=O)c2nc(Cl)c(Cl)c(N)c2Cl)c(=O)n(C)c1=O. The van der Waals surface area contributed by atoms with Gasteiger partial charge in [0.15, 0.2) is 17.5 Å². The number of carbonyl (C=O) groups excluding carboxylic acids is 2. The normalized spacial score (nSPS) is 11.0. The Morgan fingerprint density at radius 1 is 1.13 bits per heavy atom. The number of halogens is 3. The number of nitrogens with zero attached hydrogens (tertiary/aromatic N) is 3. The van der Waals surface area contributed by atoms with E-state index >= 15 is 0 Å². The zero-order valence-corrected chi connectivity index (χ0v) is 18.4. The van der Waals surface area contributed by atoms with Gasteiger partial charge in [0.05, 0.1) is 10.7 Å². The van der Waals surface area contributed by atoms with Crippen LogP contribution in [0, 0.1) is 5.92 Å². The van der Waals surface area contributed by atoms with E-state index in [2.05, 4.69) is 4.98 Å². The van der Waals surface area contributed by atoms with Crippen LogP contribution >= 0.6 is 34.8 Å². The number of hydrogen-bond acceptors (Lipinski definition) is 8. The highest BCUT2D eigenvalue weighted by Gasteiger charge is 2.25. The molecule has 0 aliphatic heterocycles. The van der Waals surface area contributed by atoms with Crippen LogP contribution in [0.3, 0.4) is 0 Å². The second kappa shape index (κ2) is 9.07. The van der Waals surface area contributed by atoms with Crippen LogP contribution in [0.2, 0.25) is 15.2 Å². The van der Waals surface area contributed by atoms with Gasteiger partial charge in [-0.25, -0.2) is 14.6 Å². The minimum absolute atomic E-state index is 0.0107. The molecule has 2 heterocycles. The number of nitrogen functional groups attached to an aromatic ring is 2. The molecule has 0 aliphatic rings. The van der Waals surface area contributed by atoms with Gasteiger partial charge in [0, 0.05) is 13.6 Å². The van der Waals surface area contributed by atoms with E-state index < -0.39 is 40.9 Å². The van der Waals surface area contributed by atoms with Crippen molar-refractivity contribution in [1.82, 2.24) is 14.1 Å². The van der Waals surface area contributed by atoms with Crippen molar-refractivity contribution in [3.05, 3.63) is 47.3 Å². The van der Waals surface area contributed by atoms with E-state index in [0.29, 0.717) is 0 Å². The van der Waals surface area contributed by atoms with E-state index in [4.69, 9.17) is 51.0 Å². The molecule has 0 saturated heterocycles. The molecule has 2 rings (SSSR count). The molecule has 0 bridgehead atoms. The van der Waals surface area contributed by atoms with Crippen molar-refractivity contribution >= 4 is 58.1 Å². The van der Waals surface area contributed by atoms with Crippen LogP contribution in [-0.2, 0) is 18.3 Å². The molecule has 4 N–H and O–H groups in total. The van der Waals surface area contributed by atoms with E-state index in [-0.39, 0.29) is 39.2 Å². The molecule has 30 heavy (non-hydrogen) atoms. The highest BCUT2D eigenvalue weighted by molar-refractivity contribution is 6.46. The van der Waals surface area contributed by atoms with Crippen LogP contribution in [0.4, 0.5) is 11.5 Å². The number of ether oxygens (including phenoxy) is 1. The predicted octanol–water partition coefficient (Wildman–Crippen LogP) is 1.76. The summed E-state index contributed by atoms with van der Waals surface area (Å²) < 4.78 is 6.76. The van der Waals surface area contributed by atoms with Crippen molar-refractivity contribution in [3.63, 3.8) is 0 Å². The van der Waals surface area contributed by atoms with Crippen LogP contribution in [-0.4, -0.2) is 32.5 Å². The molecule has 2 aromatic heterocycles. The number of rotatable bonds is 6. The first-order valence-electron chi connectivity index (χ1n) is 8.48. The van der Waals surface area contributed by atoms with Crippen molar-refractivity contribution in [2.75, 3.05) is 18.1 Å². The first-order chi connectivity index (χ1) is 13.9. The third-order valence-corrected chi connectivity index (χ3v) is 5.14. The average Bonchev–Trinajstić information content (AvgIpc) is 2.68. The molecule has 0 aliphatic carbocycles. The zero-order chi connectivity index (χ0) is 22.9. The van der Waals surface area contributed by atoms with Gasteiger partial charge >= 0.3 is 11.7 Å². The molecule has 0 amide bonds. The maximum Gasteiger partial charge on any atom is 0.359 e. The molecule has 0 saturated carbocycles. The smallest absolute Gasteiger partial charge is 0.359 e. The van der Waals surface area contributed by atoms with Gasteiger partial charge in [-0.3, -0.25) is 18.7 Å². The largest absolute Gasteiger partial charge is 0.453 e. The van der Waals surface area contributed by atoms with Crippen molar-refractivity contribution in [2.45, 2.75) is 20.4 Å². The van der Waals surface area contributed by atoms with Gasteiger partial charge in [-0.2, -0.15) is 0 Å². The summed E-state index contributed by atoms with van der Waals surface area (Å²) in [6.45, 7) is 2.98. The summed E-state index contributed by atoms with van der Waals surface area (Å²) in [5, 5.41) is -0.726. The zero-order valence-electron chi connectivity index (χ0n) is 16.2. The summed E-state index contributed by atoms with van der Waals surface area (Å²) in [6, 6.07) is 0. The predicted molar refractivity (Wildman–Crippen MR) is 113 cm³/mol. The number of Topliss-reactive ketones (excluding diaryl/α,β-unsaturated/α-hetero) is 1. The maximum absolute atomic E-state index is 12.6. The maximum atomic E-state index is 12.6. The van der Waals surface area contributed by atoms with Crippen LogP contribution in [0.5, 0.6) is 0 Å². The number of ketones is 1. The molecule has 0 unspecified atom stereocenters. The Labute approximate surface area is 185 Å². The van der Waals surface area contributed by atoms with E-state index in [0.717, 1.165) is 9.13 Å². The van der Waals surface area contributed by atoms with Gasteiger partial charge in [0.25, 0.3) is 5.56 Å². The molecular weight excluding hydrogens is 461 g/mol. The molecule has 2 aromatic rings. The third-order valence-electron chi connectivity index (χ3n) is 4.01. The number of carbonyl (C=O) groups is 2. The second-order valence-electron chi connectivity index (χ2n) is 6.70. The molecule has 0 radical (unpaired) electrons. The number of esters is 1. The lowest BCUT2D eigenvalue weighted by atomic mass is 10.1. The molecular formula is C17H18Cl3N5O5. The minimum Gasteiger partial charge on any atom is -0.453 e. The third kappa shape index (κ3) is 4.45. The first-order valence-corrected chi connectivity index (χ1v) is 9.61. The van der Waals surface area contributed by atoms with E-state index in [1.165, 1.54) is 7.05 Å². The molecule has 162 valence electrons. The van der Waals surface area contributed by atoms with Crippen molar-refractivity contribution in [1.29, 1.82) is 0 Å². The lowest BCUT2D eigenvalue weighted by molar-refractivity contribution is 0.0468. The molecule has 10 nitrogen and oxygen atoms in total. The molecule has 0 aromatic carbocycles. The standard InChI is InChI=1S/C17H18Cl3N5O5/c1-6(2)4-25-14(22)8(15(27)24(3)17(25)29)7(26)5-30-16(28)12-9(18)11(21)10(19)13(20)23-12/h6H,4-5,22H2,1-3H3,(H2,21,23). The van der Waals surface area contributed by atoms with Gasteiger partial charge in [0.1, 0.15) is 16.4 Å². The summed E-state index contributed by atoms with van der Waals surface area (Å²) in [7, 11) is 1.21. The van der Waals surface area contributed by atoms with Gasteiger partial charge in [0.2, 0.25) is 5.78 Å². The quantitative estimate of drug-likeness (QED) is 0.362. The van der Waals surface area contributed by atoms with Crippen molar-refractivity contribution in [2.24, 2.45) is 13.0 Å². The number of hydrogen-bond donors (Lipinski definition) is 2. The Bertz CT molecular complexity index is 1160. The summed E-state index contributed by atoms with van der Waals surface area (Å²) >= 11 is 17.5. The lowest BCUT2D eigenvalue weighted by Crippen LogP contribution is -2.43. The van der Waals surface area contributed by atoms with E-state index in [1.807, 2.05) is 13.8 Å². The summed E-state index contributed by atoms with van der Waals surface area (Å²) in [5.41, 5.74) is 8.86. The van der Waals surface area contributed by atoms with Gasteiger partial charge in [-0.1, -0.05) is 48.7 Å². The lowest BCUT2D eigenvalue weighted by Gasteiger charge is -2.16. The van der Waals surface area contributed by atoms with Crippen molar-refractivity contribution in [3.8, 4) is 0 Å². The topological polar surface area (TPSA) is 152 Å². The number of aromatic nitrogens is 3. The fourth-order valence-corrected chi connectivity index (χ4v) is 3.11. The summed E-state index contributed by atoms with van der Waals surface area (Å²) in [6.07, 6.45) is 0. The number of anilines is 2. The fraction of sp³-hybridized carbons (Fsp3) is 0.353. The van der Waals surface area contributed by atoms with Crippen LogP contribution in [0.1, 0.15) is 34.7 Å². The summed E-state index contributed by atoms with van der Waals surface area (Å²) in [4.78, 5) is 53.3. The van der Waals surface area contributed by atoms with Crippen molar-refractivity contribution < 1.29 is 14.3 Å².